The quantitative estimate of drug-likeness (QED) is 0.491. The Morgan fingerprint density at radius 1 is 1.42 bits per heavy atom. The summed E-state index contributed by atoms with van der Waals surface area (Å²) in [6.07, 6.45) is -1.77. The molecule has 0 aromatic heterocycles. The van der Waals surface area contributed by atoms with Crippen molar-refractivity contribution in [2.45, 2.75) is 6.92 Å². The van der Waals surface area contributed by atoms with Gasteiger partial charge >= 0.3 is 0 Å². The first-order valence-corrected chi connectivity index (χ1v) is 3.40. The summed E-state index contributed by atoms with van der Waals surface area (Å²) in [6.45, 7) is 1.34. The number of rotatable bonds is 2. The minimum absolute atomic E-state index is 0.192. The van der Waals surface area contributed by atoms with Gasteiger partial charge in [-0.15, -0.1) is 17.7 Å². The van der Waals surface area contributed by atoms with Gasteiger partial charge < -0.3 is 0 Å². The lowest BCUT2D eigenvalue weighted by atomic mass is 10.1. The molecular weight excluding hydrogens is 162 g/mol. The number of hydrogen-bond acceptors (Lipinski definition) is 1. The number of carbonyl (C=O) groups excluding carboxylic acids is 1. The van der Waals surface area contributed by atoms with E-state index in [-0.39, 0.29) is 11.3 Å². The Morgan fingerprint density at radius 3 is 2.58 bits per heavy atom. The van der Waals surface area contributed by atoms with Crippen LogP contribution < -0.4 is 0 Å². The van der Waals surface area contributed by atoms with Gasteiger partial charge in [-0.2, -0.15) is 6.07 Å². The van der Waals surface area contributed by atoms with Crippen molar-refractivity contribution in [3.63, 3.8) is 0 Å². The maximum absolute atomic E-state index is 12.0. The highest BCUT2D eigenvalue weighted by atomic mass is 19.3. The van der Waals surface area contributed by atoms with E-state index in [1.807, 2.05) is 0 Å². The molecule has 1 aromatic rings. The van der Waals surface area contributed by atoms with E-state index in [4.69, 9.17) is 0 Å². The zero-order valence-electron chi connectivity index (χ0n) is 6.47. The van der Waals surface area contributed by atoms with Crippen LogP contribution in [0.5, 0.6) is 0 Å². The van der Waals surface area contributed by atoms with Crippen LogP contribution in [0.15, 0.2) is 24.3 Å². The predicted molar refractivity (Wildman–Crippen MR) is 41.0 cm³/mol. The molecule has 1 rings (SSSR count). The second-order valence-corrected chi connectivity index (χ2v) is 2.40. The third kappa shape index (κ3) is 1.81. The van der Waals surface area contributed by atoms with Gasteiger partial charge in [-0.25, -0.2) is 0 Å². The summed E-state index contributed by atoms with van der Waals surface area (Å²) < 4.78 is 24.0. The van der Waals surface area contributed by atoms with Crippen LogP contribution in [0, 0.1) is 6.43 Å². The Kier molecular flexibility index (Phi) is 2.43. The molecular formula is C9H7F2O-. The zero-order valence-corrected chi connectivity index (χ0v) is 6.47. The van der Waals surface area contributed by atoms with Crippen LogP contribution in [0.4, 0.5) is 8.78 Å². The molecule has 0 saturated carbocycles. The van der Waals surface area contributed by atoms with Gasteiger partial charge in [-0.1, -0.05) is 6.07 Å². The lowest BCUT2D eigenvalue weighted by Gasteiger charge is -2.08. The minimum atomic E-state index is -1.77. The van der Waals surface area contributed by atoms with Crippen LogP contribution in [0.1, 0.15) is 22.8 Å². The fourth-order valence-corrected chi connectivity index (χ4v) is 0.856. The van der Waals surface area contributed by atoms with Crippen molar-refractivity contribution >= 4 is 5.78 Å². The summed E-state index contributed by atoms with van der Waals surface area (Å²) in [7, 11) is 0. The average Bonchev–Trinajstić information content (AvgIpc) is 2.04. The van der Waals surface area contributed by atoms with E-state index in [0.29, 0.717) is 5.56 Å². The molecule has 0 aliphatic rings. The molecule has 12 heavy (non-hydrogen) atoms. The number of benzene rings is 1. The van der Waals surface area contributed by atoms with E-state index in [9.17, 15) is 13.6 Å². The average molecular weight is 169 g/mol. The van der Waals surface area contributed by atoms with Gasteiger partial charge in [0.2, 0.25) is 0 Å². The summed E-state index contributed by atoms with van der Waals surface area (Å²) in [5.41, 5.74) is 0.114. The second kappa shape index (κ2) is 3.34. The Labute approximate surface area is 69.0 Å². The normalized spacial score (nSPS) is 9.58. The molecule has 0 saturated heterocycles. The summed E-state index contributed by atoms with van der Waals surface area (Å²) in [5, 5.41) is 0. The van der Waals surface area contributed by atoms with Gasteiger partial charge in [-0.3, -0.25) is 13.6 Å². The number of carbonyl (C=O) groups is 1. The van der Waals surface area contributed by atoms with E-state index in [2.05, 4.69) is 0 Å². The second-order valence-electron chi connectivity index (χ2n) is 2.40. The number of Topliss-reactive ketones (excluding diaryl/α,β-unsaturated/α-hetero) is 1. The van der Waals surface area contributed by atoms with E-state index in [0.717, 1.165) is 0 Å². The van der Waals surface area contributed by atoms with Crippen LogP contribution in [0.2, 0.25) is 0 Å². The number of halogens is 2. The maximum Gasteiger partial charge on any atom is 0.158 e. The monoisotopic (exact) mass is 169 g/mol. The third-order valence-electron chi connectivity index (χ3n) is 1.49. The van der Waals surface area contributed by atoms with Crippen molar-refractivity contribution in [1.82, 2.24) is 0 Å². The molecule has 0 heterocycles. The highest BCUT2D eigenvalue weighted by Crippen LogP contribution is 2.18. The summed E-state index contributed by atoms with van der Waals surface area (Å²) in [6, 6.07) is 5.39. The maximum atomic E-state index is 12.0. The molecule has 0 N–H and O–H groups in total. The van der Waals surface area contributed by atoms with E-state index in [1.165, 1.54) is 31.2 Å². The van der Waals surface area contributed by atoms with Gasteiger partial charge in [0, 0.05) is 0 Å². The van der Waals surface area contributed by atoms with Gasteiger partial charge in [0.25, 0.3) is 0 Å². The van der Waals surface area contributed by atoms with Crippen molar-refractivity contribution in [1.29, 1.82) is 0 Å². The third-order valence-corrected chi connectivity index (χ3v) is 1.49. The van der Waals surface area contributed by atoms with Crippen LogP contribution in [-0.4, -0.2) is 5.78 Å². The van der Waals surface area contributed by atoms with Gasteiger partial charge in [-0.05, 0) is 12.5 Å². The minimum Gasteiger partial charge on any atom is -0.296 e. The fraction of sp³-hybridized carbons (Fsp3) is 0.111. The SMILES string of the molecule is CC(=O)c1cccc([C-](F)F)c1. The molecule has 1 nitrogen and oxygen atoms in total. The lowest BCUT2D eigenvalue weighted by Crippen LogP contribution is -1.94. The van der Waals surface area contributed by atoms with Crippen molar-refractivity contribution in [3.05, 3.63) is 41.8 Å². The van der Waals surface area contributed by atoms with Crippen molar-refractivity contribution in [2.24, 2.45) is 0 Å². The van der Waals surface area contributed by atoms with Crippen LogP contribution in [-0.2, 0) is 0 Å². The molecule has 0 radical (unpaired) electrons. The Hall–Kier alpha value is -1.38. The van der Waals surface area contributed by atoms with Gasteiger partial charge in [0.05, 0.1) is 0 Å². The molecule has 0 unspecified atom stereocenters. The standard InChI is InChI=1S/C9H7F2O/c1-6(12)7-3-2-4-8(5-7)9(10)11/h2-5H,1H3/q-1. The molecule has 1 aromatic carbocycles. The molecule has 0 bridgehead atoms. The van der Waals surface area contributed by atoms with Gasteiger partial charge in [0.1, 0.15) is 5.78 Å². The zero-order chi connectivity index (χ0) is 9.14. The molecule has 0 spiro atoms. The van der Waals surface area contributed by atoms with Gasteiger partial charge in [0.15, 0.2) is 6.43 Å². The highest BCUT2D eigenvalue weighted by Gasteiger charge is 1.99. The first-order chi connectivity index (χ1) is 5.61. The Balaban J connectivity index is 3.04. The molecule has 0 aliphatic carbocycles. The van der Waals surface area contributed by atoms with E-state index < -0.39 is 6.43 Å². The summed E-state index contributed by atoms with van der Waals surface area (Å²) >= 11 is 0. The number of hydrogen-bond donors (Lipinski definition) is 0. The molecule has 0 atom stereocenters. The predicted octanol–water partition coefficient (Wildman–Crippen LogP) is 2.67. The van der Waals surface area contributed by atoms with Crippen molar-refractivity contribution < 1.29 is 13.6 Å². The molecule has 0 fully saturated rings. The summed E-state index contributed by atoms with van der Waals surface area (Å²) in [5.74, 6) is -0.210. The largest absolute Gasteiger partial charge is 0.296 e. The first-order valence-electron chi connectivity index (χ1n) is 3.40. The van der Waals surface area contributed by atoms with Crippen molar-refractivity contribution in [2.75, 3.05) is 0 Å². The van der Waals surface area contributed by atoms with E-state index in [1.54, 1.807) is 0 Å². The Morgan fingerprint density at radius 2 is 2.08 bits per heavy atom. The molecule has 0 aliphatic heterocycles. The first kappa shape index (κ1) is 8.71. The number of ketones is 1. The van der Waals surface area contributed by atoms with Crippen LogP contribution >= 0.6 is 0 Å². The van der Waals surface area contributed by atoms with Crippen LogP contribution in [0.25, 0.3) is 0 Å². The molecule has 64 valence electrons. The molecule has 3 heteroatoms. The molecule has 0 amide bonds. The smallest absolute Gasteiger partial charge is 0.158 e. The highest BCUT2D eigenvalue weighted by molar-refractivity contribution is 5.94. The summed E-state index contributed by atoms with van der Waals surface area (Å²) in [4.78, 5) is 10.8. The fourth-order valence-electron chi connectivity index (χ4n) is 0.856. The lowest BCUT2D eigenvalue weighted by molar-refractivity contribution is 0.101. The topological polar surface area (TPSA) is 17.1 Å². The van der Waals surface area contributed by atoms with Crippen LogP contribution in [0.3, 0.4) is 0 Å². The Bertz CT molecular complexity index is 294. The van der Waals surface area contributed by atoms with E-state index >= 15 is 0 Å². The van der Waals surface area contributed by atoms with Crippen molar-refractivity contribution in [3.8, 4) is 0 Å².